The van der Waals surface area contributed by atoms with Crippen LogP contribution >= 0.6 is 24.0 Å². The van der Waals surface area contributed by atoms with Crippen LogP contribution in [0.3, 0.4) is 0 Å². The van der Waals surface area contributed by atoms with E-state index < -0.39 is 9.84 Å². The molecule has 122 valence electrons. The molecule has 2 N–H and O–H groups in total. The highest BCUT2D eigenvalue weighted by atomic mass is 127. The number of hydrogen-bond donors (Lipinski definition) is 2. The maximum absolute atomic E-state index is 11.5. The van der Waals surface area contributed by atoms with E-state index in [0.717, 1.165) is 25.0 Å². The zero-order valence-electron chi connectivity index (χ0n) is 12.6. The highest BCUT2D eigenvalue weighted by Crippen LogP contribution is 2.61. The molecule has 1 saturated heterocycles. The molecule has 3 aliphatic rings. The molecule has 0 aromatic carbocycles. The van der Waals surface area contributed by atoms with E-state index in [9.17, 15) is 8.42 Å². The SMILES string of the molecule is CCNC(=NCC1(C2CC2)CC1)NC1CCS(=O)(=O)C1.I. The summed E-state index contributed by atoms with van der Waals surface area (Å²) in [5.41, 5.74) is 0.490. The monoisotopic (exact) mass is 427 g/mol. The van der Waals surface area contributed by atoms with E-state index in [-0.39, 0.29) is 35.8 Å². The first kappa shape index (κ1) is 17.3. The first-order chi connectivity index (χ1) is 9.53. The van der Waals surface area contributed by atoms with Crippen LogP contribution in [0, 0.1) is 11.3 Å². The van der Waals surface area contributed by atoms with Gasteiger partial charge in [-0.3, -0.25) is 4.99 Å². The Morgan fingerprint density at radius 3 is 2.48 bits per heavy atom. The fourth-order valence-electron chi connectivity index (χ4n) is 3.21. The van der Waals surface area contributed by atoms with Gasteiger partial charge in [-0.05, 0) is 50.4 Å². The van der Waals surface area contributed by atoms with Crippen molar-refractivity contribution in [2.75, 3.05) is 24.6 Å². The lowest BCUT2D eigenvalue weighted by Crippen LogP contribution is -2.44. The molecule has 3 fully saturated rings. The van der Waals surface area contributed by atoms with Gasteiger partial charge in [0.15, 0.2) is 15.8 Å². The van der Waals surface area contributed by atoms with Crippen molar-refractivity contribution in [1.29, 1.82) is 0 Å². The molecule has 3 rings (SSSR count). The van der Waals surface area contributed by atoms with E-state index in [1.807, 2.05) is 6.92 Å². The summed E-state index contributed by atoms with van der Waals surface area (Å²) in [7, 11) is -2.84. The summed E-state index contributed by atoms with van der Waals surface area (Å²) < 4.78 is 23.0. The topological polar surface area (TPSA) is 70.6 Å². The van der Waals surface area contributed by atoms with Crippen LogP contribution in [0.15, 0.2) is 4.99 Å². The molecular formula is C14H26IN3O2S. The largest absolute Gasteiger partial charge is 0.357 e. The van der Waals surface area contributed by atoms with Gasteiger partial charge in [-0.25, -0.2) is 8.42 Å². The minimum atomic E-state index is -2.84. The second-order valence-corrected chi connectivity index (χ2v) is 8.80. The number of hydrogen-bond acceptors (Lipinski definition) is 3. The first-order valence-corrected chi connectivity index (χ1v) is 9.60. The summed E-state index contributed by atoms with van der Waals surface area (Å²) in [6.45, 7) is 3.74. The number of aliphatic imine (C=N–C) groups is 1. The smallest absolute Gasteiger partial charge is 0.191 e. The Kier molecular flexibility index (Phi) is 5.44. The van der Waals surface area contributed by atoms with Crippen LogP contribution < -0.4 is 10.6 Å². The van der Waals surface area contributed by atoms with Gasteiger partial charge in [-0.1, -0.05) is 0 Å². The second-order valence-electron chi connectivity index (χ2n) is 6.58. The molecule has 5 nitrogen and oxygen atoms in total. The highest BCUT2D eigenvalue weighted by molar-refractivity contribution is 14.0. The van der Waals surface area contributed by atoms with Gasteiger partial charge >= 0.3 is 0 Å². The fourth-order valence-corrected chi connectivity index (χ4v) is 4.88. The van der Waals surface area contributed by atoms with Crippen LogP contribution in [0.1, 0.15) is 39.0 Å². The molecule has 0 spiro atoms. The number of nitrogens with zero attached hydrogens (tertiary/aromatic N) is 1. The standard InChI is InChI=1S/C14H25N3O2S.HI/c1-2-15-13(17-12-5-8-20(18,19)9-12)16-10-14(6-7-14)11-3-4-11;/h11-12H,2-10H2,1H3,(H2,15,16,17);1H. The number of guanidine groups is 1. The van der Waals surface area contributed by atoms with E-state index in [2.05, 4.69) is 10.6 Å². The minimum Gasteiger partial charge on any atom is -0.357 e. The van der Waals surface area contributed by atoms with Crippen LogP contribution in [0.4, 0.5) is 0 Å². The molecular weight excluding hydrogens is 401 g/mol. The molecule has 2 aliphatic carbocycles. The van der Waals surface area contributed by atoms with Crippen molar-refractivity contribution in [1.82, 2.24) is 10.6 Å². The maximum Gasteiger partial charge on any atom is 0.191 e. The third-order valence-corrected chi connectivity index (χ3v) is 6.57. The molecule has 1 atom stereocenters. The van der Waals surface area contributed by atoms with E-state index in [1.54, 1.807) is 0 Å². The average molecular weight is 427 g/mol. The maximum atomic E-state index is 11.5. The van der Waals surface area contributed by atoms with E-state index in [4.69, 9.17) is 4.99 Å². The van der Waals surface area contributed by atoms with Gasteiger partial charge in [0.05, 0.1) is 11.5 Å². The lowest BCUT2D eigenvalue weighted by molar-refractivity contribution is 0.452. The van der Waals surface area contributed by atoms with Gasteiger partial charge in [-0.2, -0.15) is 0 Å². The molecule has 2 saturated carbocycles. The Labute approximate surface area is 144 Å². The Morgan fingerprint density at radius 2 is 2.00 bits per heavy atom. The average Bonchev–Trinajstić information content (AvgIpc) is 3.25. The number of sulfone groups is 1. The fraction of sp³-hybridized carbons (Fsp3) is 0.929. The Bertz CT molecular complexity index is 498. The third kappa shape index (κ3) is 4.46. The van der Waals surface area contributed by atoms with Gasteiger partial charge in [0.2, 0.25) is 0 Å². The number of halogens is 1. The van der Waals surface area contributed by atoms with Crippen molar-refractivity contribution in [2.24, 2.45) is 16.3 Å². The normalized spacial score (nSPS) is 29.6. The Hall–Kier alpha value is -0.0500. The highest BCUT2D eigenvalue weighted by Gasteiger charge is 2.53. The van der Waals surface area contributed by atoms with E-state index in [1.165, 1.54) is 25.7 Å². The lowest BCUT2D eigenvalue weighted by Gasteiger charge is -2.17. The van der Waals surface area contributed by atoms with Gasteiger partial charge in [0.1, 0.15) is 0 Å². The molecule has 0 aromatic rings. The molecule has 0 bridgehead atoms. The van der Waals surface area contributed by atoms with Crippen molar-refractivity contribution in [2.45, 2.75) is 45.1 Å². The van der Waals surface area contributed by atoms with E-state index >= 15 is 0 Å². The van der Waals surface area contributed by atoms with Crippen molar-refractivity contribution in [3.05, 3.63) is 0 Å². The summed E-state index contributed by atoms with van der Waals surface area (Å²) in [4.78, 5) is 4.72. The molecule has 0 aromatic heterocycles. The van der Waals surface area contributed by atoms with Crippen molar-refractivity contribution in [3.63, 3.8) is 0 Å². The Balaban J connectivity index is 0.00000161. The van der Waals surface area contributed by atoms with Crippen LogP contribution in [0.2, 0.25) is 0 Å². The van der Waals surface area contributed by atoms with Crippen LogP contribution in [-0.2, 0) is 9.84 Å². The quantitative estimate of drug-likeness (QED) is 0.397. The molecule has 0 radical (unpaired) electrons. The van der Waals surface area contributed by atoms with Gasteiger partial charge in [0.25, 0.3) is 0 Å². The summed E-state index contributed by atoms with van der Waals surface area (Å²) >= 11 is 0. The minimum absolute atomic E-state index is 0. The zero-order chi connectivity index (χ0) is 14.2. The van der Waals surface area contributed by atoms with Crippen molar-refractivity contribution in [3.8, 4) is 0 Å². The van der Waals surface area contributed by atoms with Crippen molar-refractivity contribution >= 4 is 39.8 Å². The Morgan fingerprint density at radius 1 is 1.29 bits per heavy atom. The molecule has 7 heteroatoms. The molecule has 1 unspecified atom stereocenters. The summed E-state index contributed by atoms with van der Waals surface area (Å²) in [5.74, 6) is 2.24. The summed E-state index contributed by atoms with van der Waals surface area (Å²) in [6, 6.07) is 0.0221. The first-order valence-electron chi connectivity index (χ1n) is 7.78. The summed E-state index contributed by atoms with van der Waals surface area (Å²) in [5, 5.41) is 6.53. The van der Waals surface area contributed by atoms with E-state index in [0.29, 0.717) is 17.6 Å². The predicted octanol–water partition coefficient (Wildman–Crippen LogP) is 1.54. The number of rotatable bonds is 5. The van der Waals surface area contributed by atoms with Gasteiger partial charge < -0.3 is 10.6 Å². The molecule has 1 heterocycles. The number of nitrogens with one attached hydrogen (secondary N) is 2. The molecule has 1 aliphatic heterocycles. The van der Waals surface area contributed by atoms with Crippen LogP contribution in [0.25, 0.3) is 0 Å². The predicted molar refractivity (Wildman–Crippen MR) is 96.0 cm³/mol. The second kappa shape index (κ2) is 6.60. The molecule has 21 heavy (non-hydrogen) atoms. The lowest BCUT2D eigenvalue weighted by atomic mass is 10.0. The van der Waals surface area contributed by atoms with Gasteiger partial charge in [0, 0.05) is 19.1 Å². The summed E-state index contributed by atoms with van der Waals surface area (Å²) in [6.07, 6.45) is 6.08. The van der Waals surface area contributed by atoms with Crippen LogP contribution in [-0.4, -0.2) is 45.0 Å². The zero-order valence-corrected chi connectivity index (χ0v) is 15.7. The van der Waals surface area contributed by atoms with Gasteiger partial charge in [-0.15, -0.1) is 24.0 Å². The van der Waals surface area contributed by atoms with Crippen LogP contribution in [0.5, 0.6) is 0 Å². The van der Waals surface area contributed by atoms with Crippen molar-refractivity contribution < 1.29 is 8.42 Å². The third-order valence-electron chi connectivity index (χ3n) is 4.81. The molecule has 0 amide bonds.